The molecule has 0 amide bonds. The van der Waals surface area contributed by atoms with Crippen molar-refractivity contribution in [3.8, 4) is 11.5 Å². The lowest BCUT2D eigenvalue weighted by Gasteiger charge is -1.96. The van der Waals surface area contributed by atoms with Crippen LogP contribution in [0.2, 0.25) is 0 Å². The fourth-order valence-corrected chi connectivity index (χ4v) is 2.13. The number of aryl methyl sites for hydroxylation is 3. The van der Waals surface area contributed by atoms with Crippen LogP contribution in [0.25, 0.3) is 22.6 Å². The average molecular weight is 226 g/mol. The summed E-state index contributed by atoms with van der Waals surface area (Å²) in [6.45, 7) is 4.17. The molecule has 0 bridgehead atoms. The summed E-state index contributed by atoms with van der Waals surface area (Å²) in [5, 5.41) is 0. The maximum atomic E-state index is 4.61. The summed E-state index contributed by atoms with van der Waals surface area (Å²) in [5.41, 5.74) is 5.41. The zero-order valence-electron chi connectivity index (χ0n) is 10.2. The van der Waals surface area contributed by atoms with E-state index in [2.05, 4.69) is 40.9 Å². The summed E-state index contributed by atoms with van der Waals surface area (Å²) in [6.07, 6.45) is 3.74. The van der Waals surface area contributed by atoms with Gasteiger partial charge in [0.15, 0.2) is 5.82 Å². The van der Waals surface area contributed by atoms with Crippen molar-refractivity contribution in [3.63, 3.8) is 0 Å². The highest BCUT2D eigenvalue weighted by atomic mass is 15.0. The number of imidazole rings is 2. The minimum absolute atomic E-state index is 0.828. The van der Waals surface area contributed by atoms with Gasteiger partial charge in [-0.25, -0.2) is 9.97 Å². The molecule has 1 aromatic carbocycles. The van der Waals surface area contributed by atoms with Crippen LogP contribution in [-0.4, -0.2) is 19.5 Å². The predicted molar refractivity (Wildman–Crippen MR) is 67.8 cm³/mol. The van der Waals surface area contributed by atoms with Crippen LogP contribution in [-0.2, 0) is 7.05 Å². The lowest BCUT2D eigenvalue weighted by atomic mass is 10.1. The quantitative estimate of drug-likeness (QED) is 0.693. The topological polar surface area (TPSA) is 46.5 Å². The van der Waals surface area contributed by atoms with Gasteiger partial charge in [0, 0.05) is 13.2 Å². The third-order valence-corrected chi connectivity index (χ3v) is 2.87. The molecule has 0 aliphatic carbocycles. The van der Waals surface area contributed by atoms with Gasteiger partial charge >= 0.3 is 0 Å². The Morgan fingerprint density at radius 2 is 2.06 bits per heavy atom. The fraction of sp³-hybridized carbons (Fsp3) is 0.231. The maximum Gasteiger partial charge on any atom is 0.158 e. The first-order valence-electron chi connectivity index (χ1n) is 5.59. The van der Waals surface area contributed by atoms with Crippen LogP contribution in [0.4, 0.5) is 0 Å². The molecule has 0 saturated carbocycles. The second kappa shape index (κ2) is 3.45. The van der Waals surface area contributed by atoms with Crippen LogP contribution >= 0.6 is 0 Å². The number of hydrogen-bond acceptors (Lipinski definition) is 2. The van der Waals surface area contributed by atoms with Gasteiger partial charge in [0.25, 0.3) is 0 Å². The van der Waals surface area contributed by atoms with Gasteiger partial charge in [-0.05, 0) is 31.0 Å². The first-order valence-corrected chi connectivity index (χ1v) is 5.59. The van der Waals surface area contributed by atoms with Gasteiger partial charge in [-0.15, -0.1) is 0 Å². The molecule has 3 aromatic rings. The van der Waals surface area contributed by atoms with Gasteiger partial charge in [0.05, 0.1) is 17.4 Å². The first-order chi connectivity index (χ1) is 8.13. The Kier molecular flexibility index (Phi) is 2.04. The number of nitrogens with one attached hydrogen (secondary N) is 1. The van der Waals surface area contributed by atoms with E-state index in [1.165, 1.54) is 11.1 Å². The van der Waals surface area contributed by atoms with Crippen molar-refractivity contribution in [2.75, 3.05) is 0 Å². The van der Waals surface area contributed by atoms with Gasteiger partial charge in [0.2, 0.25) is 0 Å². The molecule has 4 nitrogen and oxygen atoms in total. The average Bonchev–Trinajstić information content (AvgIpc) is 2.83. The summed E-state index contributed by atoms with van der Waals surface area (Å²) >= 11 is 0. The number of nitrogens with zero attached hydrogens (tertiary/aromatic N) is 3. The first kappa shape index (κ1) is 10.1. The van der Waals surface area contributed by atoms with E-state index in [9.17, 15) is 0 Å². The standard InChI is InChI=1S/C13H14N4/c1-8-4-9(2)12-10(5-8)15-13(16-12)11-6-17(3)7-14-11/h4-7H,1-3H3,(H,15,16). The van der Waals surface area contributed by atoms with E-state index in [1.54, 1.807) is 6.33 Å². The predicted octanol–water partition coefficient (Wildman–Crippen LogP) is 2.58. The molecule has 86 valence electrons. The van der Waals surface area contributed by atoms with Gasteiger partial charge in [-0.1, -0.05) is 6.07 Å². The Morgan fingerprint density at radius 3 is 2.76 bits per heavy atom. The monoisotopic (exact) mass is 226 g/mol. The summed E-state index contributed by atoms with van der Waals surface area (Å²) in [6, 6.07) is 4.26. The number of fused-ring (bicyclic) bond motifs is 1. The van der Waals surface area contributed by atoms with Crippen molar-refractivity contribution in [3.05, 3.63) is 35.8 Å². The number of H-pyrrole nitrogens is 1. The number of rotatable bonds is 1. The molecule has 0 fully saturated rings. The van der Waals surface area contributed by atoms with Crippen molar-refractivity contribution < 1.29 is 0 Å². The highest BCUT2D eigenvalue weighted by molar-refractivity contribution is 5.82. The molecular formula is C13H14N4. The Labute approximate surface area is 99.3 Å². The molecule has 0 atom stereocenters. The molecule has 0 saturated heterocycles. The van der Waals surface area contributed by atoms with Gasteiger partial charge in [0.1, 0.15) is 5.69 Å². The van der Waals surface area contributed by atoms with E-state index >= 15 is 0 Å². The third-order valence-electron chi connectivity index (χ3n) is 2.87. The van der Waals surface area contributed by atoms with Gasteiger partial charge in [-0.3, -0.25) is 0 Å². The lowest BCUT2D eigenvalue weighted by molar-refractivity contribution is 0.913. The minimum atomic E-state index is 0.828. The summed E-state index contributed by atoms with van der Waals surface area (Å²) < 4.78 is 1.92. The van der Waals surface area contributed by atoms with Gasteiger partial charge in [-0.2, -0.15) is 0 Å². The molecular weight excluding hydrogens is 212 g/mol. The largest absolute Gasteiger partial charge is 0.340 e. The van der Waals surface area contributed by atoms with E-state index in [4.69, 9.17) is 0 Å². The second-order valence-electron chi connectivity index (χ2n) is 4.49. The highest BCUT2D eigenvalue weighted by Crippen LogP contribution is 2.22. The number of aromatic nitrogens is 4. The molecule has 0 spiro atoms. The zero-order chi connectivity index (χ0) is 12.0. The molecule has 1 N–H and O–H groups in total. The highest BCUT2D eigenvalue weighted by Gasteiger charge is 2.09. The van der Waals surface area contributed by atoms with Crippen molar-refractivity contribution >= 4 is 11.0 Å². The molecule has 17 heavy (non-hydrogen) atoms. The summed E-state index contributed by atoms with van der Waals surface area (Å²) in [7, 11) is 1.95. The number of benzene rings is 1. The van der Waals surface area contributed by atoms with E-state index in [1.807, 2.05) is 17.8 Å². The normalized spacial score (nSPS) is 11.2. The van der Waals surface area contributed by atoms with Crippen molar-refractivity contribution in [1.29, 1.82) is 0 Å². The molecule has 0 unspecified atom stereocenters. The Balaban J connectivity index is 2.23. The smallest absolute Gasteiger partial charge is 0.158 e. The minimum Gasteiger partial charge on any atom is -0.340 e. The molecule has 0 aliphatic rings. The molecule has 3 rings (SSSR count). The van der Waals surface area contributed by atoms with Crippen molar-refractivity contribution in [2.45, 2.75) is 13.8 Å². The number of aromatic amines is 1. The van der Waals surface area contributed by atoms with Crippen LogP contribution in [0.1, 0.15) is 11.1 Å². The molecule has 0 aliphatic heterocycles. The van der Waals surface area contributed by atoms with E-state index in [-0.39, 0.29) is 0 Å². The van der Waals surface area contributed by atoms with Crippen LogP contribution in [0.15, 0.2) is 24.7 Å². The third kappa shape index (κ3) is 1.62. The zero-order valence-corrected chi connectivity index (χ0v) is 10.2. The summed E-state index contributed by atoms with van der Waals surface area (Å²) in [4.78, 5) is 12.2. The van der Waals surface area contributed by atoms with Crippen molar-refractivity contribution in [2.24, 2.45) is 7.05 Å². The van der Waals surface area contributed by atoms with E-state index in [0.717, 1.165) is 22.6 Å². The Bertz CT molecular complexity index is 691. The lowest BCUT2D eigenvalue weighted by Crippen LogP contribution is -1.80. The van der Waals surface area contributed by atoms with Crippen LogP contribution in [0.3, 0.4) is 0 Å². The van der Waals surface area contributed by atoms with Crippen LogP contribution in [0, 0.1) is 13.8 Å². The summed E-state index contributed by atoms with van der Waals surface area (Å²) in [5.74, 6) is 0.828. The Hall–Kier alpha value is -2.10. The number of hydrogen-bond donors (Lipinski definition) is 1. The molecule has 2 aromatic heterocycles. The van der Waals surface area contributed by atoms with Crippen molar-refractivity contribution in [1.82, 2.24) is 19.5 Å². The SMILES string of the molecule is Cc1cc(C)c2nc(-c3cn(C)cn3)[nH]c2c1. The maximum absolute atomic E-state index is 4.61. The Morgan fingerprint density at radius 1 is 1.24 bits per heavy atom. The second-order valence-corrected chi connectivity index (χ2v) is 4.49. The van der Waals surface area contributed by atoms with Crippen LogP contribution < -0.4 is 0 Å². The van der Waals surface area contributed by atoms with E-state index in [0.29, 0.717) is 0 Å². The fourth-order valence-electron chi connectivity index (χ4n) is 2.13. The van der Waals surface area contributed by atoms with Gasteiger partial charge < -0.3 is 9.55 Å². The van der Waals surface area contributed by atoms with E-state index < -0.39 is 0 Å². The molecule has 2 heterocycles. The molecule has 0 radical (unpaired) electrons. The molecule has 4 heteroatoms. The van der Waals surface area contributed by atoms with Crippen LogP contribution in [0.5, 0.6) is 0 Å².